The van der Waals surface area contributed by atoms with E-state index in [-0.39, 0.29) is 0 Å². The van der Waals surface area contributed by atoms with E-state index in [1.807, 2.05) is 30.3 Å². The van der Waals surface area contributed by atoms with Crippen LogP contribution >= 0.6 is 0 Å². The molecule has 108 valence electrons. The summed E-state index contributed by atoms with van der Waals surface area (Å²) in [7, 11) is 0. The molecular formula is C19H15NO2. The van der Waals surface area contributed by atoms with Gasteiger partial charge in [0.05, 0.1) is 11.8 Å². The smallest absolute Gasteiger partial charge is 0.165 e. The Bertz CT molecular complexity index is 980. The molecule has 0 spiro atoms. The lowest BCUT2D eigenvalue weighted by molar-refractivity contribution is 0.576. The molecule has 0 saturated heterocycles. The van der Waals surface area contributed by atoms with Gasteiger partial charge in [-0.3, -0.25) is 0 Å². The zero-order valence-electron chi connectivity index (χ0n) is 12.1. The molecule has 0 N–H and O–H groups in total. The summed E-state index contributed by atoms with van der Waals surface area (Å²) in [5, 5.41) is 1.08. The highest BCUT2D eigenvalue weighted by Crippen LogP contribution is 2.40. The maximum absolute atomic E-state index is 6.15. The molecule has 4 aromatic rings. The van der Waals surface area contributed by atoms with E-state index in [4.69, 9.17) is 13.8 Å². The molecule has 0 bridgehead atoms. The number of aromatic nitrogens is 1. The average molecular weight is 289 g/mol. The van der Waals surface area contributed by atoms with Crippen molar-refractivity contribution in [1.82, 2.24) is 4.98 Å². The van der Waals surface area contributed by atoms with Gasteiger partial charge in [0.25, 0.3) is 0 Å². The Balaban J connectivity index is 1.98. The Kier molecular flexibility index (Phi) is 2.45. The summed E-state index contributed by atoms with van der Waals surface area (Å²) >= 11 is 0. The van der Waals surface area contributed by atoms with E-state index < -0.39 is 0 Å². The molecule has 3 heterocycles. The summed E-state index contributed by atoms with van der Waals surface area (Å²) in [5.74, 6) is 0.879. The van der Waals surface area contributed by atoms with Gasteiger partial charge >= 0.3 is 0 Å². The SMILES string of the molecule is c1coc(-c2c3c(nc4c2oc2ccccc24)CCCC3)c1. The number of para-hydroxylation sites is 1. The van der Waals surface area contributed by atoms with Gasteiger partial charge in [-0.2, -0.15) is 0 Å². The van der Waals surface area contributed by atoms with Crippen LogP contribution in [-0.4, -0.2) is 4.98 Å². The summed E-state index contributed by atoms with van der Waals surface area (Å²) in [4.78, 5) is 4.94. The predicted molar refractivity (Wildman–Crippen MR) is 85.9 cm³/mol. The molecule has 3 nitrogen and oxygen atoms in total. The van der Waals surface area contributed by atoms with Crippen LogP contribution in [0.5, 0.6) is 0 Å². The lowest BCUT2D eigenvalue weighted by Gasteiger charge is -2.17. The highest BCUT2D eigenvalue weighted by molar-refractivity contribution is 6.07. The fourth-order valence-corrected chi connectivity index (χ4v) is 3.55. The maximum atomic E-state index is 6.15. The molecular weight excluding hydrogens is 274 g/mol. The predicted octanol–water partition coefficient (Wildman–Crippen LogP) is 5.12. The Labute approximate surface area is 127 Å². The van der Waals surface area contributed by atoms with Crippen molar-refractivity contribution in [1.29, 1.82) is 0 Å². The van der Waals surface area contributed by atoms with Crippen LogP contribution in [0.1, 0.15) is 24.1 Å². The molecule has 0 aliphatic heterocycles. The number of hydrogen-bond donors (Lipinski definition) is 0. The molecule has 3 aromatic heterocycles. The lowest BCUT2D eigenvalue weighted by atomic mass is 9.90. The zero-order valence-corrected chi connectivity index (χ0v) is 12.1. The summed E-state index contributed by atoms with van der Waals surface area (Å²) in [5.41, 5.74) is 6.31. The molecule has 0 atom stereocenters. The quantitative estimate of drug-likeness (QED) is 0.488. The molecule has 0 amide bonds. The molecule has 3 heteroatoms. The number of furan rings is 2. The number of nitrogens with zero attached hydrogens (tertiary/aromatic N) is 1. The van der Waals surface area contributed by atoms with Crippen molar-refractivity contribution in [2.45, 2.75) is 25.7 Å². The Morgan fingerprint density at radius 3 is 2.77 bits per heavy atom. The lowest BCUT2D eigenvalue weighted by Crippen LogP contribution is -2.07. The van der Waals surface area contributed by atoms with Gasteiger partial charge in [-0.15, -0.1) is 0 Å². The van der Waals surface area contributed by atoms with E-state index in [9.17, 15) is 0 Å². The molecule has 5 rings (SSSR count). The van der Waals surface area contributed by atoms with E-state index >= 15 is 0 Å². The summed E-state index contributed by atoms with van der Waals surface area (Å²) in [6, 6.07) is 12.1. The Hall–Kier alpha value is -2.55. The van der Waals surface area contributed by atoms with Gasteiger partial charge in [0.1, 0.15) is 16.9 Å². The minimum absolute atomic E-state index is 0.858. The fraction of sp³-hybridized carbons (Fsp3) is 0.211. The molecule has 22 heavy (non-hydrogen) atoms. The van der Waals surface area contributed by atoms with Crippen LogP contribution in [0.2, 0.25) is 0 Å². The number of benzene rings is 1. The Morgan fingerprint density at radius 1 is 0.955 bits per heavy atom. The van der Waals surface area contributed by atoms with E-state index in [1.54, 1.807) is 6.26 Å². The number of aryl methyl sites for hydroxylation is 1. The maximum Gasteiger partial charge on any atom is 0.165 e. The van der Waals surface area contributed by atoms with E-state index in [2.05, 4.69) is 6.07 Å². The van der Waals surface area contributed by atoms with E-state index in [1.165, 1.54) is 24.1 Å². The van der Waals surface area contributed by atoms with Gasteiger partial charge in [0, 0.05) is 11.1 Å². The van der Waals surface area contributed by atoms with Crippen LogP contribution in [0, 0.1) is 0 Å². The van der Waals surface area contributed by atoms with Gasteiger partial charge in [0.2, 0.25) is 0 Å². The summed E-state index contributed by atoms with van der Waals surface area (Å²) in [6.07, 6.45) is 6.22. The van der Waals surface area contributed by atoms with Crippen molar-refractivity contribution in [2.24, 2.45) is 0 Å². The van der Waals surface area contributed by atoms with Gasteiger partial charge in [-0.05, 0) is 55.5 Å². The largest absolute Gasteiger partial charge is 0.464 e. The zero-order chi connectivity index (χ0) is 14.5. The molecule has 1 aliphatic rings. The van der Waals surface area contributed by atoms with Crippen LogP contribution in [0.4, 0.5) is 0 Å². The van der Waals surface area contributed by atoms with E-state index in [0.717, 1.165) is 46.2 Å². The van der Waals surface area contributed by atoms with Gasteiger partial charge in [-0.25, -0.2) is 4.98 Å². The van der Waals surface area contributed by atoms with Crippen LogP contribution < -0.4 is 0 Å². The van der Waals surface area contributed by atoms with Crippen LogP contribution in [0.3, 0.4) is 0 Å². The topological polar surface area (TPSA) is 39.2 Å². The number of rotatable bonds is 1. The first kappa shape index (κ1) is 12.0. The van der Waals surface area contributed by atoms with Crippen LogP contribution in [0.25, 0.3) is 33.4 Å². The first-order valence-electron chi connectivity index (χ1n) is 7.79. The highest BCUT2D eigenvalue weighted by Gasteiger charge is 2.24. The second-order valence-electron chi connectivity index (χ2n) is 5.87. The van der Waals surface area contributed by atoms with Gasteiger partial charge in [-0.1, -0.05) is 12.1 Å². The third-order valence-corrected chi connectivity index (χ3v) is 4.55. The first-order chi connectivity index (χ1) is 10.9. The monoisotopic (exact) mass is 289 g/mol. The molecule has 0 radical (unpaired) electrons. The van der Waals surface area contributed by atoms with Crippen molar-refractivity contribution in [3.8, 4) is 11.3 Å². The van der Waals surface area contributed by atoms with Crippen molar-refractivity contribution in [2.75, 3.05) is 0 Å². The van der Waals surface area contributed by atoms with Crippen LogP contribution in [0.15, 0.2) is 51.5 Å². The normalized spacial score (nSPS) is 14.5. The average Bonchev–Trinajstić information content (AvgIpc) is 3.20. The molecule has 1 aromatic carbocycles. The molecule has 0 saturated carbocycles. The molecule has 1 aliphatic carbocycles. The number of pyridine rings is 1. The second kappa shape index (κ2) is 4.47. The van der Waals surface area contributed by atoms with E-state index in [0.29, 0.717) is 0 Å². The standard InChI is InChI=1S/C19H15NO2/c1-3-8-14-12(6-1)17(16-10-5-11-21-16)19-18(20-14)13-7-2-4-9-15(13)22-19/h2,4-5,7,9-11H,1,3,6,8H2. The number of fused-ring (bicyclic) bond motifs is 4. The second-order valence-corrected chi connectivity index (χ2v) is 5.87. The first-order valence-corrected chi connectivity index (χ1v) is 7.79. The fourth-order valence-electron chi connectivity index (χ4n) is 3.55. The molecule has 0 unspecified atom stereocenters. The third kappa shape index (κ3) is 1.59. The molecule has 0 fully saturated rings. The minimum Gasteiger partial charge on any atom is -0.464 e. The van der Waals surface area contributed by atoms with Crippen molar-refractivity contribution >= 4 is 22.1 Å². The third-order valence-electron chi connectivity index (χ3n) is 4.55. The van der Waals surface area contributed by atoms with Crippen molar-refractivity contribution < 1.29 is 8.83 Å². The van der Waals surface area contributed by atoms with Crippen molar-refractivity contribution in [3.05, 3.63) is 53.9 Å². The van der Waals surface area contributed by atoms with Crippen molar-refractivity contribution in [3.63, 3.8) is 0 Å². The van der Waals surface area contributed by atoms with Gasteiger partial charge < -0.3 is 8.83 Å². The number of hydrogen-bond acceptors (Lipinski definition) is 3. The summed E-state index contributed by atoms with van der Waals surface area (Å²) in [6.45, 7) is 0. The van der Waals surface area contributed by atoms with Crippen LogP contribution in [-0.2, 0) is 12.8 Å². The Morgan fingerprint density at radius 2 is 1.86 bits per heavy atom. The highest BCUT2D eigenvalue weighted by atomic mass is 16.3. The van der Waals surface area contributed by atoms with Gasteiger partial charge in [0.15, 0.2) is 5.58 Å². The summed E-state index contributed by atoms with van der Waals surface area (Å²) < 4.78 is 11.9. The minimum atomic E-state index is 0.858.